The molecule has 0 aromatic heterocycles. The highest BCUT2D eigenvalue weighted by atomic mass is 32.2. The standard InChI is InChI=1S/C10H15NOS/c1-3-12-7-13-9-6-4-5-8(2)10(9)11/h4-6H,3,7,11H2,1-2H3. The minimum absolute atomic E-state index is 0.671. The largest absolute Gasteiger partial charge is 0.398 e. The van der Waals surface area contributed by atoms with Crippen LogP contribution in [-0.4, -0.2) is 12.5 Å². The van der Waals surface area contributed by atoms with Crippen molar-refractivity contribution in [2.24, 2.45) is 0 Å². The summed E-state index contributed by atoms with van der Waals surface area (Å²) < 4.78 is 5.24. The van der Waals surface area contributed by atoms with Crippen molar-refractivity contribution >= 4 is 17.4 Å². The van der Waals surface area contributed by atoms with E-state index in [1.54, 1.807) is 11.8 Å². The summed E-state index contributed by atoms with van der Waals surface area (Å²) in [5.74, 6) is 0.671. The number of thioether (sulfide) groups is 1. The summed E-state index contributed by atoms with van der Waals surface area (Å²) in [4.78, 5) is 1.11. The molecule has 0 saturated heterocycles. The van der Waals surface area contributed by atoms with E-state index in [1.165, 1.54) is 0 Å². The lowest BCUT2D eigenvalue weighted by Crippen LogP contribution is -1.94. The fourth-order valence-electron chi connectivity index (χ4n) is 0.968. The Morgan fingerprint density at radius 2 is 2.23 bits per heavy atom. The van der Waals surface area contributed by atoms with Crippen LogP contribution in [0.4, 0.5) is 5.69 Å². The van der Waals surface area contributed by atoms with Crippen molar-refractivity contribution in [1.29, 1.82) is 0 Å². The molecule has 1 aromatic carbocycles. The normalized spacial score (nSPS) is 10.3. The summed E-state index contributed by atoms with van der Waals surface area (Å²) in [6.45, 7) is 4.75. The van der Waals surface area contributed by atoms with Crippen molar-refractivity contribution in [2.75, 3.05) is 18.3 Å². The molecule has 0 saturated carbocycles. The van der Waals surface area contributed by atoms with Gasteiger partial charge in [-0.25, -0.2) is 0 Å². The Kier molecular flexibility index (Phi) is 4.12. The Morgan fingerprint density at radius 1 is 1.46 bits per heavy atom. The van der Waals surface area contributed by atoms with E-state index in [9.17, 15) is 0 Å². The number of ether oxygens (including phenoxy) is 1. The molecule has 0 amide bonds. The van der Waals surface area contributed by atoms with Crippen LogP contribution in [0, 0.1) is 6.92 Å². The number of aryl methyl sites for hydroxylation is 1. The van der Waals surface area contributed by atoms with Gasteiger partial charge in [-0.1, -0.05) is 23.9 Å². The second-order valence-electron chi connectivity index (χ2n) is 2.74. The molecule has 3 heteroatoms. The molecular formula is C10H15NOS. The van der Waals surface area contributed by atoms with Crippen LogP contribution in [0.3, 0.4) is 0 Å². The molecule has 0 atom stereocenters. The zero-order valence-electron chi connectivity index (χ0n) is 8.04. The second kappa shape index (κ2) is 5.14. The van der Waals surface area contributed by atoms with Gasteiger partial charge in [0.25, 0.3) is 0 Å². The number of nitrogen functional groups attached to an aromatic ring is 1. The van der Waals surface area contributed by atoms with Gasteiger partial charge in [0.1, 0.15) is 0 Å². The van der Waals surface area contributed by atoms with Gasteiger partial charge in [0, 0.05) is 17.2 Å². The first-order chi connectivity index (χ1) is 6.25. The molecule has 0 unspecified atom stereocenters. The molecule has 0 heterocycles. The molecule has 2 N–H and O–H groups in total. The highest BCUT2D eigenvalue weighted by Gasteiger charge is 2.00. The van der Waals surface area contributed by atoms with Crippen molar-refractivity contribution in [1.82, 2.24) is 0 Å². The van der Waals surface area contributed by atoms with Crippen LogP contribution < -0.4 is 5.73 Å². The molecule has 1 rings (SSSR count). The summed E-state index contributed by atoms with van der Waals surface area (Å²) in [5, 5.41) is 0. The average Bonchev–Trinajstić information content (AvgIpc) is 2.13. The van der Waals surface area contributed by atoms with E-state index in [0.717, 1.165) is 22.8 Å². The summed E-state index contributed by atoms with van der Waals surface area (Å²) >= 11 is 1.64. The average molecular weight is 197 g/mol. The van der Waals surface area contributed by atoms with E-state index in [-0.39, 0.29) is 0 Å². The van der Waals surface area contributed by atoms with Gasteiger partial charge < -0.3 is 10.5 Å². The van der Waals surface area contributed by atoms with Gasteiger partial charge >= 0.3 is 0 Å². The number of nitrogens with two attached hydrogens (primary N) is 1. The van der Waals surface area contributed by atoms with E-state index < -0.39 is 0 Å². The van der Waals surface area contributed by atoms with E-state index in [1.807, 2.05) is 32.0 Å². The van der Waals surface area contributed by atoms with E-state index in [2.05, 4.69) is 0 Å². The maximum absolute atomic E-state index is 5.89. The molecule has 0 radical (unpaired) electrons. The first-order valence-electron chi connectivity index (χ1n) is 4.31. The third-order valence-corrected chi connectivity index (χ3v) is 2.74. The minimum atomic E-state index is 0.671. The van der Waals surface area contributed by atoms with Crippen molar-refractivity contribution in [3.8, 4) is 0 Å². The predicted molar refractivity (Wildman–Crippen MR) is 57.9 cm³/mol. The predicted octanol–water partition coefficient (Wildman–Crippen LogP) is 2.66. The molecule has 0 aliphatic rings. The molecule has 1 aromatic rings. The molecule has 13 heavy (non-hydrogen) atoms. The topological polar surface area (TPSA) is 35.2 Å². The Bertz CT molecular complexity index is 276. The van der Waals surface area contributed by atoms with Crippen LogP contribution in [0.5, 0.6) is 0 Å². The Labute approximate surface area is 83.5 Å². The van der Waals surface area contributed by atoms with Gasteiger partial charge in [-0.2, -0.15) is 0 Å². The second-order valence-corrected chi connectivity index (χ2v) is 3.71. The highest BCUT2D eigenvalue weighted by molar-refractivity contribution is 7.99. The van der Waals surface area contributed by atoms with Crippen LogP contribution in [0.2, 0.25) is 0 Å². The number of anilines is 1. The van der Waals surface area contributed by atoms with Crippen molar-refractivity contribution < 1.29 is 4.74 Å². The fourth-order valence-corrected chi connectivity index (χ4v) is 1.84. The summed E-state index contributed by atoms with van der Waals surface area (Å²) in [6.07, 6.45) is 0. The van der Waals surface area contributed by atoms with E-state index >= 15 is 0 Å². The van der Waals surface area contributed by atoms with Gasteiger partial charge in [0.05, 0.1) is 5.94 Å². The molecule has 0 spiro atoms. The summed E-state index contributed by atoms with van der Waals surface area (Å²) in [6, 6.07) is 6.05. The Morgan fingerprint density at radius 3 is 2.92 bits per heavy atom. The maximum atomic E-state index is 5.89. The van der Waals surface area contributed by atoms with Crippen LogP contribution in [0.25, 0.3) is 0 Å². The van der Waals surface area contributed by atoms with Crippen molar-refractivity contribution in [3.63, 3.8) is 0 Å². The minimum Gasteiger partial charge on any atom is -0.398 e. The zero-order valence-corrected chi connectivity index (χ0v) is 8.86. The Hall–Kier alpha value is -0.670. The lowest BCUT2D eigenvalue weighted by atomic mass is 10.2. The SMILES string of the molecule is CCOCSc1cccc(C)c1N. The maximum Gasteiger partial charge on any atom is 0.0967 e. The molecule has 2 nitrogen and oxygen atoms in total. The number of para-hydroxylation sites is 1. The lowest BCUT2D eigenvalue weighted by Gasteiger charge is -2.07. The first kappa shape index (κ1) is 10.4. The fraction of sp³-hybridized carbons (Fsp3) is 0.400. The summed E-state index contributed by atoms with van der Waals surface area (Å²) in [7, 11) is 0. The Balaban J connectivity index is 2.61. The quantitative estimate of drug-likeness (QED) is 0.349. The lowest BCUT2D eigenvalue weighted by molar-refractivity contribution is 0.199. The molecular weight excluding hydrogens is 182 g/mol. The number of benzene rings is 1. The number of rotatable bonds is 4. The molecule has 0 aliphatic carbocycles. The van der Waals surface area contributed by atoms with E-state index in [0.29, 0.717) is 5.94 Å². The summed E-state index contributed by atoms with van der Waals surface area (Å²) in [5.41, 5.74) is 7.88. The van der Waals surface area contributed by atoms with E-state index in [4.69, 9.17) is 10.5 Å². The third-order valence-electron chi connectivity index (χ3n) is 1.79. The molecule has 0 aliphatic heterocycles. The number of hydrogen-bond acceptors (Lipinski definition) is 3. The van der Waals surface area contributed by atoms with Crippen LogP contribution in [0.1, 0.15) is 12.5 Å². The monoisotopic (exact) mass is 197 g/mol. The number of hydrogen-bond donors (Lipinski definition) is 1. The highest BCUT2D eigenvalue weighted by Crippen LogP contribution is 2.27. The molecule has 72 valence electrons. The van der Waals surface area contributed by atoms with Crippen molar-refractivity contribution in [2.45, 2.75) is 18.7 Å². The van der Waals surface area contributed by atoms with Crippen LogP contribution in [-0.2, 0) is 4.74 Å². The van der Waals surface area contributed by atoms with Gasteiger partial charge in [0.15, 0.2) is 0 Å². The van der Waals surface area contributed by atoms with Gasteiger partial charge in [-0.05, 0) is 25.5 Å². The van der Waals surface area contributed by atoms with Crippen molar-refractivity contribution in [3.05, 3.63) is 23.8 Å². The smallest absolute Gasteiger partial charge is 0.0967 e. The van der Waals surface area contributed by atoms with Gasteiger partial charge in [-0.3, -0.25) is 0 Å². The van der Waals surface area contributed by atoms with Gasteiger partial charge in [-0.15, -0.1) is 0 Å². The van der Waals surface area contributed by atoms with Gasteiger partial charge in [0.2, 0.25) is 0 Å². The first-order valence-corrected chi connectivity index (χ1v) is 5.30. The zero-order chi connectivity index (χ0) is 9.68. The van der Waals surface area contributed by atoms with Crippen LogP contribution in [0.15, 0.2) is 23.1 Å². The molecule has 0 bridgehead atoms. The molecule has 0 fully saturated rings. The third kappa shape index (κ3) is 2.94. The van der Waals surface area contributed by atoms with Crippen LogP contribution >= 0.6 is 11.8 Å².